The topological polar surface area (TPSA) is 58.2 Å². The molecule has 0 aromatic carbocycles. The summed E-state index contributed by atoms with van der Waals surface area (Å²) in [5, 5.41) is 5.10. The Morgan fingerprint density at radius 1 is 1.27 bits per heavy atom. The van der Waals surface area contributed by atoms with E-state index in [2.05, 4.69) is 24.5 Å². The number of nitrogens with one attached hydrogen (secondary N) is 2. The molecule has 1 aliphatic rings. The van der Waals surface area contributed by atoms with Crippen molar-refractivity contribution in [3.05, 3.63) is 0 Å². The van der Waals surface area contributed by atoms with Gasteiger partial charge < -0.3 is 5.32 Å². The highest BCUT2D eigenvalue weighted by Crippen LogP contribution is 2.25. The molecule has 1 saturated heterocycles. The minimum Gasteiger partial charge on any atom is -0.323 e. The number of carbonyl (C=O) groups excluding carboxylic acids is 2. The van der Waals surface area contributed by atoms with Crippen LogP contribution in [0.1, 0.15) is 46.5 Å². The van der Waals surface area contributed by atoms with Crippen molar-refractivity contribution in [2.75, 3.05) is 0 Å². The van der Waals surface area contributed by atoms with E-state index >= 15 is 0 Å². The Morgan fingerprint density at radius 2 is 1.93 bits per heavy atom. The molecule has 0 aromatic rings. The number of amides is 3. The van der Waals surface area contributed by atoms with Gasteiger partial charge in [0, 0.05) is 0 Å². The fourth-order valence-corrected chi connectivity index (χ4v) is 1.97. The van der Waals surface area contributed by atoms with E-state index in [0.29, 0.717) is 5.92 Å². The van der Waals surface area contributed by atoms with Crippen LogP contribution < -0.4 is 10.6 Å². The van der Waals surface area contributed by atoms with Gasteiger partial charge in [-0.15, -0.1) is 0 Å². The van der Waals surface area contributed by atoms with Gasteiger partial charge in [0.2, 0.25) is 0 Å². The minimum absolute atomic E-state index is 0.157. The van der Waals surface area contributed by atoms with Crippen LogP contribution in [0.3, 0.4) is 0 Å². The fraction of sp³-hybridized carbons (Fsp3) is 0.818. The molecule has 86 valence electrons. The van der Waals surface area contributed by atoms with Crippen LogP contribution in [0.5, 0.6) is 0 Å². The van der Waals surface area contributed by atoms with Crippen LogP contribution in [0, 0.1) is 5.92 Å². The second kappa shape index (κ2) is 4.64. The summed E-state index contributed by atoms with van der Waals surface area (Å²) in [4.78, 5) is 22.9. The molecule has 4 nitrogen and oxygen atoms in total. The van der Waals surface area contributed by atoms with E-state index in [1.807, 2.05) is 6.92 Å². The number of hydrogen-bond donors (Lipinski definition) is 2. The number of hydrogen-bond acceptors (Lipinski definition) is 2. The quantitative estimate of drug-likeness (QED) is 0.683. The SMILES string of the molecule is CCCC1(CCC(C)C)NC(=O)NC1=O. The van der Waals surface area contributed by atoms with Crippen molar-refractivity contribution in [3.8, 4) is 0 Å². The van der Waals surface area contributed by atoms with Gasteiger partial charge in [0.15, 0.2) is 0 Å². The third-order valence-corrected chi connectivity index (χ3v) is 2.84. The molecule has 15 heavy (non-hydrogen) atoms. The van der Waals surface area contributed by atoms with Gasteiger partial charge in [-0.05, 0) is 25.2 Å². The lowest BCUT2D eigenvalue weighted by molar-refractivity contribution is -0.124. The Labute approximate surface area is 90.8 Å². The first kappa shape index (κ1) is 12.0. The van der Waals surface area contributed by atoms with Gasteiger partial charge in [-0.3, -0.25) is 10.1 Å². The summed E-state index contributed by atoms with van der Waals surface area (Å²) in [6.07, 6.45) is 3.30. The maximum absolute atomic E-state index is 11.7. The Morgan fingerprint density at radius 3 is 2.33 bits per heavy atom. The van der Waals surface area contributed by atoms with Crippen LogP contribution in [-0.2, 0) is 4.79 Å². The average Bonchev–Trinajstić information content (AvgIpc) is 2.40. The van der Waals surface area contributed by atoms with Crippen molar-refractivity contribution in [3.63, 3.8) is 0 Å². The zero-order valence-electron chi connectivity index (χ0n) is 9.72. The third-order valence-electron chi connectivity index (χ3n) is 2.84. The van der Waals surface area contributed by atoms with Crippen LogP contribution in [0.4, 0.5) is 4.79 Å². The summed E-state index contributed by atoms with van der Waals surface area (Å²) in [6, 6.07) is -0.350. The van der Waals surface area contributed by atoms with Gasteiger partial charge in [0.25, 0.3) is 5.91 Å². The van der Waals surface area contributed by atoms with E-state index < -0.39 is 5.54 Å². The summed E-state index contributed by atoms with van der Waals surface area (Å²) in [5.74, 6) is 0.388. The summed E-state index contributed by atoms with van der Waals surface area (Å²) in [6.45, 7) is 6.26. The molecular formula is C11H20N2O2. The van der Waals surface area contributed by atoms with Crippen LogP contribution in [0.15, 0.2) is 0 Å². The molecule has 0 aromatic heterocycles. The van der Waals surface area contributed by atoms with Crippen molar-refractivity contribution >= 4 is 11.9 Å². The molecule has 0 radical (unpaired) electrons. The largest absolute Gasteiger partial charge is 0.323 e. The molecule has 4 heteroatoms. The lowest BCUT2D eigenvalue weighted by Crippen LogP contribution is -2.46. The highest BCUT2D eigenvalue weighted by atomic mass is 16.2. The molecule has 0 bridgehead atoms. The number of carbonyl (C=O) groups is 2. The lowest BCUT2D eigenvalue weighted by Gasteiger charge is -2.26. The molecule has 1 aliphatic heterocycles. The Kier molecular flexibility index (Phi) is 3.72. The van der Waals surface area contributed by atoms with E-state index in [-0.39, 0.29) is 11.9 Å². The van der Waals surface area contributed by atoms with Gasteiger partial charge in [-0.2, -0.15) is 0 Å². The number of imide groups is 1. The smallest absolute Gasteiger partial charge is 0.322 e. The Balaban J connectivity index is 2.70. The maximum Gasteiger partial charge on any atom is 0.322 e. The molecule has 1 heterocycles. The molecule has 1 atom stereocenters. The summed E-state index contributed by atoms with van der Waals surface area (Å²) >= 11 is 0. The fourth-order valence-electron chi connectivity index (χ4n) is 1.97. The first-order valence-corrected chi connectivity index (χ1v) is 5.64. The predicted octanol–water partition coefficient (Wildman–Crippen LogP) is 1.80. The average molecular weight is 212 g/mol. The summed E-state index contributed by atoms with van der Waals surface area (Å²) in [7, 11) is 0. The van der Waals surface area contributed by atoms with Crippen LogP contribution in [0.2, 0.25) is 0 Å². The maximum atomic E-state index is 11.7. The molecule has 1 unspecified atom stereocenters. The molecule has 3 amide bonds. The van der Waals surface area contributed by atoms with E-state index in [1.54, 1.807) is 0 Å². The highest BCUT2D eigenvalue weighted by Gasteiger charge is 2.44. The minimum atomic E-state index is -0.643. The van der Waals surface area contributed by atoms with Gasteiger partial charge in [-0.1, -0.05) is 27.2 Å². The van der Waals surface area contributed by atoms with Crippen LogP contribution >= 0.6 is 0 Å². The second-order valence-electron chi connectivity index (χ2n) is 4.67. The third kappa shape index (κ3) is 2.70. The molecule has 0 saturated carbocycles. The Hall–Kier alpha value is -1.06. The van der Waals surface area contributed by atoms with E-state index in [0.717, 1.165) is 25.7 Å². The normalized spacial score (nSPS) is 25.6. The zero-order chi connectivity index (χ0) is 11.5. The lowest BCUT2D eigenvalue weighted by atomic mass is 9.86. The second-order valence-corrected chi connectivity index (χ2v) is 4.67. The van der Waals surface area contributed by atoms with Crippen LogP contribution in [0.25, 0.3) is 0 Å². The number of rotatable bonds is 5. The molecule has 2 N–H and O–H groups in total. The molecule has 0 spiro atoms. The van der Waals surface area contributed by atoms with Crippen molar-refractivity contribution in [2.45, 2.75) is 52.0 Å². The van der Waals surface area contributed by atoms with Gasteiger partial charge >= 0.3 is 6.03 Å². The van der Waals surface area contributed by atoms with Crippen molar-refractivity contribution < 1.29 is 9.59 Å². The van der Waals surface area contributed by atoms with Gasteiger partial charge in [0.1, 0.15) is 5.54 Å². The molecule has 0 aliphatic carbocycles. The van der Waals surface area contributed by atoms with E-state index in [4.69, 9.17) is 0 Å². The first-order chi connectivity index (χ1) is 7.00. The summed E-state index contributed by atoms with van der Waals surface area (Å²) in [5.41, 5.74) is -0.643. The predicted molar refractivity (Wildman–Crippen MR) is 58.4 cm³/mol. The molecule has 1 rings (SSSR count). The van der Waals surface area contributed by atoms with Crippen molar-refractivity contribution in [1.29, 1.82) is 0 Å². The van der Waals surface area contributed by atoms with Crippen LogP contribution in [-0.4, -0.2) is 17.5 Å². The van der Waals surface area contributed by atoms with Gasteiger partial charge in [-0.25, -0.2) is 4.79 Å². The number of urea groups is 1. The summed E-state index contributed by atoms with van der Waals surface area (Å²) < 4.78 is 0. The van der Waals surface area contributed by atoms with E-state index in [9.17, 15) is 9.59 Å². The zero-order valence-corrected chi connectivity index (χ0v) is 9.72. The van der Waals surface area contributed by atoms with Crippen molar-refractivity contribution in [2.24, 2.45) is 5.92 Å². The van der Waals surface area contributed by atoms with E-state index in [1.165, 1.54) is 0 Å². The van der Waals surface area contributed by atoms with Gasteiger partial charge in [0.05, 0.1) is 0 Å². The standard InChI is InChI=1S/C11H20N2O2/c1-4-6-11(7-5-8(2)3)9(14)12-10(15)13-11/h8H,4-7H2,1-3H3,(H2,12,13,14,15). The molecular weight excluding hydrogens is 192 g/mol. The van der Waals surface area contributed by atoms with Crippen molar-refractivity contribution in [1.82, 2.24) is 10.6 Å². The molecule has 1 fully saturated rings. The Bertz CT molecular complexity index is 263. The first-order valence-electron chi connectivity index (χ1n) is 5.64. The monoisotopic (exact) mass is 212 g/mol. The highest BCUT2D eigenvalue weighted by molar-refractivity contribution is 6.06.